The molecule has 0 radical (unpaired) electrons. The molecule has 108 valence electrons. The number of rotatable bonds is 10. The number of nitrogens with one attached hydrogen (secondary N) is 1. The monoisotopic (exact) mass is 265 g/mol. The fourth-order valence-electron chi connectivity index (χ4n) is 1.72. The first-order valence-electron chi connectivity index (χ1n) is 7.13. The third-order valence-electron chi connectivity index (χ3n) is 3.01. The van der Waals surface area contributed by atoms with Crippen LogP contribution in [0.25, 0.3) is 0 Å². The Morgan fingerprint density at radius 1 is 1.05 bits per heavy atom. The van der Waals surface area contributed by atoms with Crippen molar-refractivity contribution < 1.29 is 9.47 Å². The average Bonchev–Trinajstić information content (AvgIpc) is 2.42. The molecule has 3 nitrogen and oxygen atoms in total. The molecule has 0 spiro atoms. The van der Waals surface area contributed by atoms with Crippen molar-refractivity contribution in [1.82, 2.24) is 5.32 Å². The summed E-state index contributed by atoms with van der Waals surface area (Å²) in [6.45, 7) is 8.02. The zero-order valence-electron chi connectivity index (χ0n) is 12.4. The van der Waals surface area contributed by atoms with Gasteiger partial charge in [0.15, 0.2) is 0 Å². The number of hydrogen-bond acceptors (Lipinski definition) is 3. The van der Waals surface area contributed by atoms with Gasteiger partial charge in [-0.1, -0.05) is 26.0 Å². The normalized spacial score (nSPS) is 10.9. The number of ether oxygens (including phenoxy) is 2. The second kappa shape index (κ2) is 9.82. The van der Waals surface area contributed by atoms with Gasteiger partial charge in [-0.2, -0.15) is 0 Å². The maximum Gasteiger partial charge on any atom is 0.118 e. The Hall–Kier alpha value is -1.06. The zero-order chi connectivity index (χ0) is 13.9. The molecule has 0 aliphatic rings. The largest absolute Gasteiger partial charge is 0.497 e. The molecule has 1 aromatic carbocycles. The van der Waals surface area contributed by atoms with E-state index in [2.05, 4.69) is 31.3 Å². The molecular weight excluding hydrogens is 238 g/mol. The lowest BCUT2D eigenvalue weighted by molar-refractivity contribution is 0.125. The maximum atomic E-state index is 5.55. The van der Waals surface area contributed by atoms with E-state index in [9.17, 15) is 0 Å². The van der Waals surface area contributed by atoms with Gasteiger partial charge in [0, 0.05) is 13.2 Å². The first-order chi connectivity index (χ1) is 9.22. The van der Waals surface area contributed by atoms with E-state index in [0.29, 0.717) is 0 Å². The van der Waals surface area contributed by atoms with Crippen LogP contribution in [-0.4, -0.2) is 33.4 Å². The van der Waals surface area contributed by atoms with Gasteiger partial charge in [-0.25, -0.2) is 0 Å². The standard InChI is InChI=1S/C16H27NO2/c1-14(2)9-12-19-13-11-17-10-8-15-4-6-16(18-3)7-5-15/h4-7,14,17H,8-13H2,1-3H3. The summed E-state index contributed by atoms with van der Waals surface area (Å²) >= 11 is 0. The van der Waals surface area contributed by atoms with Gasteiger partial charge >= 0.3 is 0 Å². The van der Waals surface area contributed by atoms with Gasteiger partial charge in [-0.05, 0) is 43.0 Å². The molecule has 0 unspecified atom stereocenters. The van der Waals surface area contributed by atoms with Crippen LogP contribution in [-0.2, 0) is 11.2 Å². The molecule has 1 aromatic rings. The van der Waals surface area contributed by atoms with Gasteiger partial charge in [0.2, 0.25) is 0 Å². The third kappa shape index (κ3) is 7.85. The summed E-state index contributed by atoms with van der Waals surface area (Å²) in [5, 5.41) is 3.39. The van der Waals surface area contributed by atoms with Crippen molar-refractivity contribution in [2.45, 2.75) is 26.7 Å². The first-order valence-corrected chi connectivity index (χ1v) is 7.13. The Labute approximate surface area is 117 Å². The highest BCUT2D eigenvalue weighted by atomic mass is 16.5. The van der Waals surface area contributed by atoms with E-state index in [1.807, 2.05) is 12.1 Å². The fraction of sp³-hybridized carbons (Fsp3) is 0.625. The van der Waals surface area contributed by atoms with Crippen molar-refractivity contribution in [3.05, 3.63) is 29.8 Å². The lowest BCUT2D eigenvalue weighted by atomic mass is 10.1. The molecular formula is C16H27NO2. The van der Waals surface area contributed by atoms with Crippen molar-refractivity contribution in [2.24, 2.45) is 5.92 Å². The SMILES string of the molecule is COc1ccc(CCNCCOCCC(C)C)cc1. The van der Waals surface area contributed by atoms with Crippen LogP contribution in [0, 0.1) is 5.92 Å². The van der Waals surface area contributed by atoms with E-state index in [4.69, 9.17) is 9.47 Å². The lowest BCUT2D eigenvalue weighted by Crippen LogP contribution is -2.22. The summed E-state index contributed by atoms with van der Waals surface area (Å²) in [7, 11) is 1.69. The number of methoxy groups -OCH3 is 1. The second-order valence-electron chi connectivity index (χ2n) is 5.14. The number of benzene rings is 1. The fourth-order valence-corrected chi connectivity index (χ4v) is 1.72. The van der Waals surface area contributed by atoms with Gasteiger partial charge in [-0.3, -0.25) is 0 Å². The lowest BCUT2D eigenvalue weighted by Gasteiger charge is -2.08. The highest BCUT2D eigenvalue weighted by molar-refractivity contribution is 5.27. The molecule has 0 aromatic heterocycles. The van der Waals surface area contributed by atoms with Crippen molar-refractivity contribution in [1.29, 1.82) is 0 Å². The van der Waals surface area contributed by atoms with Gasteiger partial charge in [-0.15, -0.1) is 0 Å². The summed E-state index contributed by atoms with van der Waals surface area (Å²) in [4.78, 5) is 0. The van der Waals surface area contributed by atoms with Crippen molar-refractivity contribution in [3.8, 4) is 5.75 Å². The minimum atomic E-state index is 0.725. The predicted molar refractivity (Wildman–Crippen MR) is 79.8 cm³/mol. The van der Waals surface area contributed by atoms with Gasteiger partial charge in [0.25, 0.3) is 0 Å². The van der Waals surface area contributed by atoms with E-state index >= 15 is 0 Å². The van der Waals surface area contributed by atoms with E-state index < -0.39 is 0 Å². The summed E-state index contributed by atoms with van der Waals surface area (Å²) < 4.78 is 10.7. The van der Waals surface area contributed by atoms with Crippen LogP contribution in [0.5, 0.6) is 5.75 Å². The molecule has 0 heterocycles. The summed E-state index contributed by atoms with van der Waals surface area (Å²) in [5.41, 5.74) is 1.33. The Morgan fingerprint density at radius 2 is 1.79 bits per heavy atom. The van der Waals surface area contributed by atoms with E-state index in [0.717, 1.165) is 50.8 Å². The van der Waals surface area contributed by atoms with Gasteiger partial charge in [0.05, 0.1) is 13.7 Å². The van der Waals surface area contributed by atoms with Crippen LogP contribution in [0.1, 0.15) is 25.8 Å². The highest BCUT2D eigenvalue weighted by Gasteiger charge is 1.96. The Bertz CT molecular complexity index is 322. The molecule has 19 heavy (non-hydrogen) atoms. The summed E-state index contributed by atoms with van der Waals surface area (Å²) in [6.07, 6.45) is 2.18. The topological polar surface area (TPSA) is 30.5 Å². The molecule has 0 saturated carbocycles. The van der Waals surface area contributed by atoms with Crippen LogP contribution in [0.4, 0.5) is 0 Å². The van der Waals surface area contributed by atoms with Crippen LogP contribution < -0.4 is 10.1 Å². The van der Waals surface area contributed by atoms with Gasteiger partial charge < -0.3 is 14.8 Å². The summed E-state index contributed by atoms with van der Waals surface area (Å²) in [5.74, 6) is 1.64. The van der Waals surface area contributed by atoms with Crippen LogP contribution in [0.2, 0.25) is 0 Å². The highest BCUT2D eigenvalue weighted by Crippen LogP contribution is 2.11. The van der Waals surface area contributed by atoms with Crippen molar-refractivity contribution >= 4 is 0 Å². The van der Waals surface area contributed by atoms with Crippen molar-refractivity contribution in [3.63, 3.8) is 0 Å². The molecule has 0 bridgehead atoms. The number of hydrogen-bond donors (Lipinski definition) is 1. The molecule has 1 N–H and O–H groups in total. The molecule has 0 amide bonds. The van der Waals surface area contributed by atoms with Crippen LogP contribution in [0.3, 0.4) is 0 Å². The maximum absolute atomic E-state index is 5.55. The minimum absolute atomic E-state index is 0.725. The zero-order valence-corrected chi connectivity index (χ0v) is 12.4. The Morgan fingerprint density at radius 3 is 2.42 bits per heavy atom. The van der Waals surface area contributed by atoms with E-state index in [1.165, 1.54) is 5.56 Å². The van der Waals surface area contributed by atoms with Crippen molar-refractivity contribution in [2.75, 3.05) is 33.4 Å². The molecule has 1 rings (SSSR count). The molecule has 0 fully saturated rings. The van der Waals surface area contributed by atoms with E-state index in [-0.39, 0.29) is 0 Å². The van der Waals surface area contributed by atoms with Gasteiger partial charge in [0.1, 0.15) is 5.75 Å². The second-order valence-corrected chi connectivity index (χ2v) is 5.14. The van der Waals surface area contributed by atoms with E-state index in [1.54, 1.807) is 7.11 Å². The molecule has 3 heteroatoms. The quantitative estimate of drug-likeness (QED) is 0.660. The smallest absolute Gasteiger partial charge is 0.118 e. The minimum Gasteiger partial charge on any atom is -0.497 e. The first kappa shape index (κ1) is 16.0. The van der Waals surface area contributed by atoms with Crippen LogP contribution in [0.15, 0.2) is 24.3 Å². The summed E-state index contributed by atoms with van der Waals surface area (Å²) in [6, 6.07) is 8.23. The molecule has 0 saturated heterocycles. The Balaban J connectivity index is 1.98. The molecule has 0 atom stereocenters. The Kier molecular flexibility index (Phi) is 8.26. The third-order valence-corrected chi connectivity index (χ3v) is 3.01. The van der Waals surface area contributed by atoms with Crippen LogP contribution >= 0.6 is 0 Å². The molecule has 0 aliphatic heterocycles. The molecule has 0 aliphatic carbocycles. The average molecular weight is 265 g/mol. The predicted octanol–water partition coefficient (Wildman–Crippen LogP) is 2.89.